The number of aromatic nitrogens is 2. The number of H-pyrrole nitrogens is 1. The molecule has 1 aromatic heterocycles. The summed E-state index contributed by atoms with van der Waals surface area (Å²) in [4.78, 5) is 19.1. The molecule has 2 aromatic carbocycles. The van der Waals surface area contributed by atoms with E-state index in [4.69, 9.17) is 16.1 Å². The second-order valence-electron chi connectivity index (χ2n) is 8.25. The van der Waals surface area contributed by atoms with Gasteiger partial charge in [-0.25, -0.2) is 4.98 Å². The second kappa shape index (κ2) is 12.1. The van der Waals surface area contributed by atoms with Crippen LogP contribution in [0.25, 0.3) is 10.9 Å². The van der Waals surface area contributed by atoms with Crippen molar-refractivity contribution in [3.05, 3.63) is 65.2 Å². The highest BCUT2D eigenvalue weighted by Crippen LogP contribution is 2.28. The lowest BCUT2D eigenvalue weighted by Gasteiger charge is -2.30. The lowest BCUT2D eigenvalue weighted by atomic mass is 10.1. The molecule has 0 aliphatic heterocycles. The molecular weight excluding hydrogens is 456 g/mol. The monoisotopic (exact) mass is 491 g/mol. The predicted molar refractivity (Wildman–Crippen MR) is 136 cm³/mol. The minimum Gasteiger partial charge on any atom is -0.377 e. The van der Waals surface area contributed by atoms with Crippen molar-refractivity contribution < 1.29 is 18.7 Å². The van der Waals surface area contributed by atoms with Crippen LogP contribution in [0.4, 0.5) is 11.4 Å². The molecule has 0 aliphatic carbocycles. The van der Waals surface area contributed by atoms with Crippen LogP contribution < -0.4 is 16.2 Å². The van der Waals surface area contributed by atoms with E-state index >= 15 is 0 Å². The van der Waals surface area contributed by atoms with Crippen LogP contribution in [0.1, 0.15) is 27.7 Å². The zero-order chi connectivity index (χ0) is 26.2. The van der Waals surface area contributed by atoms with Gasteiger partial charge in [-0.1, -0.05) is 32.0 Å². The Balaban J connectivity index is 0.00000210. The molecule has 9 nitrogen and oxygen atoms in total. The van der Waals surface area contributed by atoms with Gasteiger partial charge in [0.1, 0.15) is 6.10 Å². The molecule has 0 spiro atoms. The fourth-order valence-corrected chi connectivity index (χ4v) is 3.78. The average Bonchev–Trinajstić information content (AvgIpc) is 2.80. The van der Waals surface area contributed by atoms with E-state index in [1.165, 1.54) is 0 Å². The first-order valence-corrected chi connectivity index (χ1v) is 12.8. The highest BCUT2D eigenvalue weighted by Gasteiger charge is 2.23. The smallest absolute Gasteiger partial charge is 0.264 e. The van der Waals surface area contributed by atoms with Gasteiger partial charge < -0.3 is 20.3 Å². The van der Waals surface area contributed by atoms with Crippen LogP contribution >= 0.6 is 0 Å². The van der Waals surface area contributed by atoms with Crippen LogP contribution in [0.2, 0.25) is 1.41 Å². The summed E-state index contributed by atoms with van der Waals surface area (Å²) in [5.74, 6) is 0. The van der Waals surface area contributed by atoms with E-state index in [0.29, 0.717) is 16.2 Å². The maximum Gasteiger partial charge on any atom is 0.264 e. The molecule has 0 saturated heterocycles. The maximum absolute atomic E-state index is 12.5. The molecule has 3 aromatic rings. The van der Waals surface area contributed by atoms with Crippen LogP contribution in [-0.4, -0.2) is 56.0 Å². The molecule has 0 amide bonds. The second-order valence-corrected chi connectivity index (χ2v) is 9.85. The SMILES string of the molecule is CC.[2H]n1cnc2ccc(N(CC(COCC(C)(C)N)OS(C)(=O)=O)c3ccccc3)cc2c1=O. The van der Waals surface area contributed by atoms with Gasteiger partial charge in [-0.3, -0.25) is 8.98 Å². The molecule has 0 radical (unpaired) electrons. The lowest BCUT2D eigenvalue weighted by Crippen LogP contribution is -2.40. The van der Waals surface area contributed by atoms with E-state index in [2.05, 4.69) is 4.98 Å². The molecule has 1 heterocycles. The summed E-state index contributed by atoms with van der Waals surface area (Å²) >= 11 is 0. The van der Waals surface area contributed by atoms with Crippen molar-refractivity contribution in [2.45, 2.75) is 39.3 Å². The van der Waals surface area contributed by atoms with Crippen molar-refractivity contribution in [3.63, 3.8) is 0 Å². The highest BCUT2D eigenvalue weighted by atomic mass is 32.2. The van der Waals surface area contributed by atoms with Gasteiger partial charge in [0.2, 0.25) is 0 Å². The molecular formula is C24H34N4O5S. The molecule has 10 heteroatoms. The molecule has 0 aliphatic rings. The number of ether oxygens (including phenoxy) is 1. The van der Waals surface area contributed by atoms with Gasteiger partial charge in [0.15, 0.2) is 1.41 Å². The number of anilines is 2. The molecule has 0 saturated carbocycles. The Morgan fingerprint density at radius 1 is 1.18 bits per heavy atom. The summed E-state index contributed by atoms with van der Waals surface area (Å²) in [5, 5.41) is 0.271. The Morgan fingerprint density at radius 3 is 2.47 bits per heavy atom. The number of nitrogens with two attached hydrogens (primary N) is 1. The number of aromatic amines is 1. The van der Waals surface area contributed by atoms with Gasteiger partial charge in [-0.05, 0) is 44.2 Å². The van der Waals surface area contributed by atoms with Crippen LogP contribution in [0, 0.1) is 0 Å². The first-order valence-electron chi connectivity index (χ1n) is 11.5. The Labute approximate surface area is 202 Å². The van der Waals surface area contributed by atoms with Gasteiger partial charge >= 0.3 is 0 Å². The fraction of sp³-hybridized carbons (Fsp3) is 0.417. The van der Waals surface area contributed by atoms with Gasteiger partial charge in [0.25, 0.3) is 15.7 Å². The third kappa shape index (κ3) is 8.53. The lowest BCUT2D eigenvalue weighted by molar-refractivity contribution is 0.0379. The molecule has 0 fully saturated rings. The van der Waals surface area contributed by atoms with Gasteiger partial charge in [-0.15, -0.1) is 0 Å². The Bertz CT molecular complexity index is 1260. The predicted octanol–water partition coefficient (Wildman–Crippen LogP) is 3.19. The zero-order valence-electron chi connectivity index (χ0n) is 21.3. The van der Waals surface area contributed by atoms with Crippen molar-refractivity contribution in [2.24, 2.45) is 5.73 Å². The number of hydrogen-bond acceptors (Lipinski definition) is 8. The summed E-state index contributed by atoms with van der Waals surface area (Å²) < 4.78 is 42.5. The third-order valence-electron chi connectivity index (χ3n) is 4.44. The Hall–Kier alpha value is -2.79. The van der Waals surface area contributed by atoms with E-state index in [1.54, 1.807) is 32.0 Å². The number of fused-ring (bicyclic) bond motifs is 1. The van der Waals surface area contributed by atoms with Crippen LogP contribution in [-0.2, 0) is 19.0 Å². The van der Waals surface area contributed by atoms with Crippen LogP contribution in [0.3, 0.4) is 0 Å². The number of hydrogen-bond donors (Lipinski definition) is 2. The van der Waals surface area contributed by atoms with Gasteiger partial charge in [0.05, 0.1) is 43.2 Å². The summed E-state index contributed by atoms with van der Waals surface area (Å²) in [5.41, 5.74) is 6.69. The molecule has 0 bridgehead atoms. The molecule has 1 unspecified atom stereocenters. The Morgan fingerprint density at radius 2 is 1.85 bits per heavy atom. The van der Waals surface area contributed by atoms with Crippen LogP contribution in [0.15, 0.2) is 59.7 Å². The first kappa shape index (κ1) is 25.8. The Kier molecular flexibility index (Phi) is 9.17. The average molecular weight is 492 g/mol. The van der Waals surface area contributed by atoms with Crippen molar-refractivity contribution in [2.75, 3.05) is 30.9 Å². The van der Waals surface area contributed by atoms with Gasteiger partial charge in [-0.2, -0.15) is 8.42 Å². The van der Waals surface area contributed by atoms with E-state index in [1.807, 2.05) is 49.1 Å². The van der Waals surface area contributed by atoms with E-state index in [-0.39, 0.29) is 25.1 Å². The van der Waals surface area contributed by atoms with E-state index < -0.39 is 27.3 Å². The largest absolute Gasteiger partial charge is 0.377 e. The molecule has 34 heavy (non-hydrogen) atoms. The molecule has 186 valence electrons. The number of nitrogens with zero attached hydrogens (tertiary/aromatic N) is 2. The minimum atomic E-state index is -3.77. The fourth-order valence-electron chi connectivity index (χ4n) is 3.17. The zero-order valence-corrected chi connectivity index (χ0v) is 21.1. The van der Waals surface area contributed by atoms with Crippen LogP contribution in [0.5, 0.6) is 0 Å². The summed E-state index contributed by atoms with van der Waals surface area (Å²) in [6.07, 6.45) is 1.28. The van der Waals surface area contributed by atoms with E-state index in [0.717, 1.165) is 18.3 Å². The van der Waals surface area contributed by atoms with Crippen molar-refractivity contribution in [1.29, 1.82) is 0 Å². The quantitative estimate of drug-likeness (QED) is 0.414. The van der Waals surface area contributed by atoms with E-state index in [9.17, 15) is 13.2 Å². The topological polar surface area (TPSA) is 128 Å². The summed E-state index contributed by atoms with van der Waals surface area (Å²) in [7, 11) is -3.77. The van der Waals surface area contributed by atoms with Crippen molar-refractivity contribution in [3.8, 4) is 0 Å². The van der Waals surface area contributed by atoms with Gasteiger partial charge in [0, 0.05) is 16.9 Å². The molecule has 3 rings (SSSR count). The van der Waals surface area contributed by atoms with Crippen molar-refractivity contribution in [1.82, 2.24) is 9.96 Å². The summed E-state index contributed by atoms with van der Waals surface area (Å²) in [6.45, 7) is 7.93. The number of para-hydroxylation sites is 1. The van der Waals surface area contributed by atoms with Crippen molar-refractivity contribution >= 4 is 32.4 Å². The normalized spacial score (nSPS) is 13.1. The number of benzene rings is 2. The number of nitrogens with one attached hydrogen (secondary N) is 1. The molecule has 3 N–H and O–H groups in total. The molecule has 1 atom stereocenters. The minimum absolute atomic E-state index is 0.00824. The summed E-state index contributed by atoms with van der Waals surface area (Å²) in [6, 6.07) is 14.4. The highest BCUT2D eigenvalue weighted by molar-refractivity contribution is 7.86. The first-order chi connectivity index (χ1) is 16.4. The number of rotatable bonds is 10. The standard InChI is InChI=1S/C22H28N4O5S.C2H6/c1-22(2,23)14-30-13-18(31-32(3,28)29)12-26(16-7-5-4-6-8-16)17-9-10-20-19(11-17)21(27)25-15-24-20;1-2/h4-11,15,18H,12-14,23H2,1-3H3,(H,24,25,27);1-2H3/i/hD. The maximum atomic E-state index is 12.5. The third-order valence-corrected chi connectivity index (χ3v) is 5.06.